The molecule has 0 unspecified atom stereocenters. The Balaban J connectivity index is 1.96. The summed E-state index contributed by atoms with van der Waals surface area (Å²) in [4.78, 5) is 17.0. The van der Waals surface area contributed by atoms with Crippen LogP contribution in [0.5, 0.6) is 11.5 Å². The third kappa shape index (κ3) is 2.87. The van der Waals surface area contributed by atoms with Crippen LogP contribution in [0.1, 0.15) is 10.4 Å². The fraction of sp³-hybridized carbons (Fsp3) is 0.125. The van der Waals surface area contributed by atoms with Crippen molar-refractivity contribution >= 4 is 29.3 Å². The van der Waals surface area contributed by atoms with E-state index in [2.05, 4.69) is 4.99 Å². The number of thiophene rings is 1. The molecule has 1 aliphatic heterocycles. The largest absolute Gasteiger partial charge is 0.497 e. The van der Waals surface area contributed by atoms with Crippen LogP contribution in [0.2, 0.25) is 0 Å². The van der Waals surface area contributed by atoms with Crippen LogP contribution in [-0.2, 0) is 9.53 Å². The van der Waals surface area contributed by atoms with Gasteiger partial charge in [-0.3, -0.25) is 0 Å². The third-order valence-electron chi connectivity index (χ3n) is 3.03. The highest BCUT2D eigenvalue weighted by atomic mass is 32.1. The number of ether oxygens (including phenoxy) is 3. The minimum atomic E-state index is -0.467. The molecule has 0 aliphatic carbocycles. The molecule has 1 aliphatic rings. The molecule has 5 nitrogen and oxygen atoms in total. The summed E-state index contributed by atoms with van der Waals surface area (Å²) in [6, 6.07) is 9.08. The predicted molar refractivity (Wildman–Crippen MR) is 84.5 cm³/mol. The van der Waals surface area contributed by atoms with Crippen molar-refractivity contribution in [2.45, 2.75) is 0 Å². The maximum absolute atomic E-state index is 11.9. The van der Waals surface area contributed by atoms with Gasteiger partial charge in [-0.1, -0.05) is 6.07 Å². The first-order valence-electron chi connectivity index (χ1n) is 6.49. The van der Waals surface area contributed by atoms with Crippen LogP contribution in [-0.4, -0.2) is 26.1 Å². The lowest BCUT2D eigenvalue weighted by Gasteiger charge is -2.05. The minimum absolute atomic E-state index is 0.249. The molecular formula is C16H13NO4S. The van der Waals surface area contributed by atoms with E-state index >= 15 is 0 Å². The van der Waals surface area contributed by atoms with Gasteiger partial charge in [0.05, 0.1) is 19.1 Å². The molecule has 2 heterocycles. The van der Waals surface area contributed by atoms with Gasteiger partial charge in [-0.05, 0) is 35.2 Å². The average Bonchev–Trinajstić information content (AvgIpc) is 3.17. The molecule has 0 N–H and O–H groups in total. The Bertz CT molecular complexity index is 740. The highest BCUT2D eigenvalue weighted by molar-refractivity contribution is 7.12. The predicted octanol–water partition coefficient (Wildman–Crippen LogP) is 3.11. The number of hydrogen-bond donors (Lipinski definition) is 0. The third-order valence-corrected chi connectivity index (χ3v) is 3.89. The van der Waals surface area contributed by atoms with E-state index in [0.717, 1.165) is 10.4 Å². The number of rotatable bonds is 4. The van der Waals surface area contributed by atoms with Gasteiger partial charge in [-0.25, -0.2) is 9.79 Å². The highest BCUT2D eigenvalue weighted by Crippen LogP contribution is 2.26. The number of methoxy groups -OCH3 is 2. The van der Waals surface area contributed by atoms with Crippen LogP contribution >= 0.6 is 11.3 Å². The van der Waals surface area contributed by atoms with Crippen molar-refractivity contribution in [3.63, 3.8) is 0 Å². The Labute approximate surface area is 131 Å². The van der Waals surface area contributed by atoms with Crippen molar-refractivity contribution in [2.75, 3.05) is 14.2 Å². The molecule has 0 bridgehead atoms. The normalized spacial score (nSPS) is 15.6. The number of cyclic esters (lactones) is 1. The zero-order valence-electron chi connectivity index (χ0n) is 12.0. The lowest BCUT2D eigenvalue weighted by atomic mass is 10.1. The number of nitrogens with zero attached hydrogens (tertiary/aromatic N) is 1. The first-order valence-corrected chi connectivity index (χ1v) is 7.37. The quantitative estimate of drug-likeness (QED) is 0.642. The van der Waals surface area contributed by atoms with Gasteiger partial charge in [0.25, 0.3) is 0 Å². The Morgan fingerprint density at radius 1 is 1.18 bits per heavy atom. The van der Waals surface area contributed by atoms with E-state index < -0.39 is 5.97 Å². The molecule has 0 spiro atoms. The molecule has 3 rings (SSSR count). The maximum Gasteiger partial charge on any atom is 0.363 e. The fourth-order valence-electron chi connectivity index (χ4n) is 1.99. The van der Waals surface area contributed by atoms with Crippen LogP contribution in [0.25, 0.3) is 6.08 Å². The summed E-state index contributed by atoms with van der Waals surface area (Å²) >= 11 is 1.47. The zero-order chi connectivity index (χ0) is 15.5. The number of carbonyl (C=O) groups excluding carboxylic acids is 1. The van der Waals surface area contributed by atoms with E-state index in [0.29, 0.717) is 17.4 Å². The molecule has 0 amide bonds. The van der Waals surface area contributed by atoms with Crippen molar-refractivity contribution in [1.29, 1.82) is 0 Å². The van der Waals surface area contributed by atoms with E-state index in [4.69, 9.17) is 14.2 Å². The van der Waals surface area contributed by atoms with Gasteiger partial charge in [0, 0.05) is 6.07 Å². The summed E-state index contributed by atoms with van der Waals surface area (Å²) in [6.07, 6.45) is 1.65. The number of hydrogen-bond acceptors (Lipinski definition) is 6. The second-order valence-corrected chi connectivity index (χ2v) is 5.41. The van der Waals surface area contributed by atoms with Gasteiger partial charge in [0.2, 0.25) is 5.90 Å². The second kappa shape index (κ2) is 6.03. The van der Waals surface area contributed by atoms with E-state index in [9.17, 15) is 4.79 Å². The molecule has 112 valence electrons. The molecular weight excluding hydrogens is 302 g/mol. The summed E-state index contributed by atoms with van der Waals surface area (Å²) < 4.78 is 15.6. The number of carbonyl (C=O) groups is 1. The molecule has 0 saturated heterocycles. The van der Waals surface area contributed by atoms with Crippen molar-refractivity contribution in [3.05, 3.63) is 51.8 Å². The van der Waals surface area contributed by atoms with Gasteiger partial charge >= 0.3 is 5.97 Å². The molecule has 0 radical (unpaired) electrons. The van der Waals surface area contributed by atoms with Gasteiger partial charge in [0.15, 0.2) is 5.70 Å². The number of benzene rings is 1. The number of esters is 1. The monoisotopic (exact) mass is 315 g/mol. The minimum Gasteiger partial charge on any atom is -0.497 e. The molecule has 2 aromatic rings. The number of aliphatic imine (C=N–C) groups is 1. The first kappa shape index (κ1) is 14.3. The van der Waals surface area contributed by atoms with E-state index in [1.54, 1.807) is 38.5 Å². The highest BCUT2D eigenvalue weighted by Gasteiger charge is 2.24. The second-order valence-electron chi connectivity index (χ2n) is 4.46. The van der Waals surface area contributed by atoms with Crippen LogP contribution < -0.4 is 9.47 Å². The zero-order valence-corrected chi connectivity index (χ0v) is 12.8. The lowest BCUT2D eigenvalue weighted by molar-refractivity contribution is -0.129. The Kier molecular flexibility index (Phi) is 3.93. The smallest absolute Gasteiger partial charge is 0.363 e. The standard InChI is InChI=1S/C16H13NO4S/c1-19-11-6-10(7-12(9-11)20-2)8-13-16(18)21-15(17-13)14-4-3-5-22-14/h3-9H,1-2H3/b13-8-. The molecule has 1 aromatic carbocycles. The van der Waals surface area contributed by atoms with E-state index in [1.807, 2.05) is 17.5 Å². The van der Waals surface area contributed by atoms with Crippen molar-refractivity contribution in [1.82, 2.24) is 0 Å². The first-order chi connectivity index (χ1) is 10.7. The Morgan fingerprint density at radius 2 is 1.91 bits per heavy atom. The van der Waals surface area contributed by atoms with Crippen molar-refractivity contribution < 1.29 is 19.0 Å². The molecule has 6 heteroatoms. The Hall–Kier alpha value is -2.60. The van der Waals surface area contributed by atoms with Gasteiger partial charge in [-0.2, -0.15) is 0 Å². The molecule has 0 saturated carbocycles. The van der Waals surface area contributed by atoms with Gasteiger partial charge in [0.1, 0.15) is 11.5 Å². The fourth-order valence-corrected chi connectivity index (χ4v) is 2.63. The molecule has 1 aromatic heterocycles. The molecule has 22 heavy (non-hydrogen) atoms. The summed E-state index contributed by atoms with van der Waals surface area (Å²) in [5.41, 5.74) is 0.998. The SMILES string of the molecule is COc1cc(/C=C2\N=C(c3cccs3)OC2=O)cc(OC)c1. The van der Waals surface area contributed by atoms with Crippen LogP contribution in [0.15, 0.2) is 46.4 Å². The van der Waals surface area contributed by atoms with Crippen LogP contribution in [0.4, 0.5) is 0 Å². The maximum atomic E-state index is 11.9. The van der Waals surface area contributed by atoms with Gasteiger partial charge < -0.3 is 14.2 Å². The topological polar surface area (TPSA) is 57.1 Å². The lowest BCUT2D eigenvalue weighted by Crippen LogP contribution is -2.03. The van der Waals surface area contributed by atoms with E-state index in [1.165, 1.54) is 11.3 Å². The van der Waals surface area contributed by atoms with Crippen molar-refractivity contribution in [3.8, 4) is 11.5 Å². The summed E-state index contributed by atoms with van der Waals surface area (Å²) in [5, 5.41) is 1.90. The van der Waals surface area contributed by atoms with Gasteiger partial charge in [-0.15, -0.1) is 11.3 Å². The summed E-state index contributed by atoms with van der Waals surface area (Å²) in [7, 11) is 3.14. The van der Waals surface area contributed by atoms with Crippen LogP contribution in [0, 0.1) is 0 Å². The molecule has 0 atom stereocenters. The Morgan fingerprint density at radius 3 is 2.50 bits per heavy atom. The molecule has 0 fully saturated rings. The van der Waals surface area contributed by atoms with Crippen molar-refractivity contribution in [2.24, 2.45) is 4.99 Å². The summed E-state index contributed by atoms with van der Waals surface area (Å²) in [6.45, 7) is 0. The summed E-state index contributed by atoms with van der Waals surface area (Å²) in [5.74, 6) is 1.14. The van der Waals surface area contributed by atoms with Crippen LogP contribution in [0.3, 0.4) is 0 Å². The average molecular weight is 315 g/mol. The van der Waals surface area contributed by atoms with E-state index in [-0.39, 0.29) is 5.70 Å².